The standard InChI is InChI=1S/C32H37N5O5/c1-21-34-28-12-11-23(24-16-33-37(18-24)29-10-5-6-13-40-29)15-27(28)30(38)36(21)17-22-8-7-9-25(14-22)41-26-19-35(20-26)31(39)42-32(2,3)4/h7-9,11-12,14-16,18,26,29H,5-6,10,13,17,19-20H2,1-4H3. The molecule has 10 nitrogen and oxygen atoms in total. The molecule has 4 heterocycles. The zero-order valence-electron chi connectivity index (χ0n) is 24.6. The van der Waals surface area contributed by atoms with E-state index in [0.29, 0.717) is 42.1 Å². The first-order valence-corrected chi connectivity index (χ1v) is 14.5. The van der Waals surface area contributed by atoms with Crippen LogP contribution in [0.25, 0.3) is 22.0 Å². The Labute approximate surface area is 244 Å². The minimum absolute atomic E-state index is 0.0394. The van der Waals surface area contributed by atoms with E-state index in [-0.39, 0.29) is 24.0 Å². The maximum Gasteiger partial charge on any atom is 0.410 e. The molecule has 6 rings (SSSR count). The Hall–Kier alpha value is -4.18. The zero-order valence-corrected chi connectivity index (χ0v) is 24.6. The van der Waals surface area contributed by atoms with Crippen molar-refractivity contribution in [2.45, 2.75) is 71.4 Å². The normalized spacial score (nSPS) is 17.7. The van der Waals surface area contributed by atoms with E-state index in [1.807, 2.05) is 87.2 Å². The van der Waals surface area contributed by atoms with Crippen LogP contribution in [0.4, 0.5) is 4.79 Å². The number of likely N-dealkylation sites (tertiary alicyclic amines) is 1. The molecule has 2 aromatic carbocycles. The van der Waals surface area contributed by atoms with Gasteiger partial charge in [0, 0.05) is 18.4 Å². The molecule has 0 aliphatic carbocycles. The van der Waals surface area contributed by atoms with Gasteiger partial charge in [-0.05, 0) is 82.3 Å². The largest absolute Gasteiger partial charge is 0.487 e. The van der Waals surface area contributed by atoms with Crippen LogP contribution >= 0.6 is 0 Å². The molecule has 2 aliphatic heterocycles. The molecule has 1 unspecified atom stereocenters. The molecule has 2 saturated heterocycles. The fraction of sp³-hybridized carbons (Fsp3) is 0.438. The lowest BCUT2D eigenvalue weighted by atomic mass is 10.1. The number of ether oxygens (including phenoxy) is 3. The second-order valence-corrected chi connectivity index (χ2v) is 12.1. The molecule has 2 aliphatic rings. The minimum atomic E-state index is -0.528. The lowest BCUT2D eigenvalue weighted by Gasteiger charge is -2.39. The van der Waals surface area contributed by atoms with Gasteiger partial charge in [-0.15, -0.1) is 0 Å². The van der Waals surface area contributed by atoms with E-state index in [1.165, 1.54) is 0 Å². The number of benzene rings is 2. The van der Waals surface area contributed by atoms with Crippen LogP contribution in [0.3, 0.4) is 0 Å². The number of carbonyl (C=O) groups is 1. The van der Waals surface area contributed by atoms with Crippen molar-refractivity contribution in [1.29, 1.82) is 0 Å². The number of rotatable bonds is 6. The van der Waals surface area contributed by atoms with E-state index >= 15 is 0 Å². The summed E-state index contributed by atoms with van der Waals surface area (Å²) in [5, 5.41) is 5.09. The fourth-order valence-corrected chi connectivity index (χ4v) is 5.36. The van der Waals surface area contributed by atoms with Crippen LogP contribution in [0.2, 0.25) is 0 Å². The van der Waals surface area contributed by atoms with Gasteiger partial charge in [-0.1, -0.05) is 18.2 Å². The van der Waals surface area contributed by atoms with Crippen molar-refractivity contribution in [2.75, 3.05) is 19.7 Å². The third-order valence-corrected chi connectivity index (χ3v) is 7.57. The van der Waals surface area contributed by atoms with Crippen molar-refractivity contribution in [3.8, 4) is 16.9 Å². The molecule has 2 aromatic heterocycles. The number of amides is 1. The average Bonchev–Trinajstić information content (AvgIpc) is 3.43. The van der Waals surface area contributed by atoms with Gasteiger partial charge >= 0.3 is 6.09 Å². The summed E-state index contributed by atoms with van der Waals surface area (Å²) < 4.78 is 21.0. The van der Waals surface area contributed by atoms with Gasteiger partial charge in [-0.3, -0.25) is 9.36 Å². The summed E-state index contributed by atoms with van der Waals surface area (Å²) in [5.74, 6) is 1.34. The van der Waals surface area contributed by atoms with Gasteiger partial charge in [0.05, 0.1) is 36.7 Å². The molecule has 42 heavy (non-hydrogen) atoms. The van der Waals surface area contributed by atoms with Gasteiger partial charge in [0.15, 0.2) is 0 Å². The van der Waals surface area contributed by atoms with Crippen LogP contribution in [0.1, 0.15) is 57.6 Å². The molecule has 1 amide bonds. The maximum atomic E-state index is 13.7. The Morgan fingerprint density at radius 3 is 2.69 bits per heavy atom. The molecular formula is C32H37N5O5. The van der Waals surface area contributed by atoms with Gasteiger partial charge in [0.1, 0.15) is 29.5 Å². The molecule has 0 radical (unpaired) electrons. The van der Waals surface area contributed by atoms with Crippen molar-refractivity contribution in [2.24, 2.45) is 0 Å². The van der Waals surface area contributed by atoms with Crippen LogP contribution < -0.4 is 10.3 Å². The highest BCUT2D eigenvalue weighted by atomic mass is 16.6. The molecule has 0 bridgehead atoms. The summed E-state index contributed by atoms with van der Waals surface area (Å²) in [4.78, 5) is 32.3. The third kappa shape index (κ3) is 6.04. The van der Waals surface area contributed by atoms with E-state index in [9.17, 15) is 9.59 Å². The van der Waals surface area contributed by atoms with Crippen LogP contribution in [-0.2, 0) is 16.0 Å². The Bertz CT molecular complexity index is 1660. The van der Waals surface area contributed by atoms with E-state index in [0.717, 1.165) is 42.6 Å². The van der Waals surface area contributed by atoms with Crippen LogP contribution in [-0.4, -0.2) is 61.7 Å². The summed E-state index contributed by atoms with van der Waals surface area (Å²) in [7, 11) is 0. The number of hydrogen-bond donors (Lipinski definition) is 0. The van der Waals surface area contributed by atoms with Crippen molar-refractivity contribution in [3.05, 3.63) is 76.6 Å². The second-order valence-electron chi connectivity index (χ2n) is 12.1. The number of aryl methyl sites for hydroxylation is 1. The molecule has 2 fully saturated rings. The van der Waals surface area contributed by atoms with Gasteiger partial charge in [-0.2, -0.15) is 5.10 Å². The van der Waals surface area contributed by atoms with Crippen molar-refractivity contribution in [3.63, 3.8) is 0 Å². The van der Waals surface area contributed by atoms with E-state index in [2.05, 4.69) is 5.10 Å². The molecule has 0 spiro atoms. The number of nitrogens with zero attached hydrogens (tertiary/aromatic N) is 5. The summed E-state index contributed by atoms with van der Waals surface area (Å²) in [5.41, 5.74) is 2.81. The Kier molecular flexibility index (Phi) is 7.49. The van der Waals surface area contributed by atoms with Gasteiger partial charge in [-0.25, -0.2) is 14.5 Å². The first-order chi connectivity index (χ1) is 20.1. The molecule has 1 atom stereocenters. The van der Waals surface area contributed by atoms with E-state index < -0.39 is 5.60 Å². The molecule has 0 N–H and O–H groups in total. The smallest absolute Gasteiger partial charge is 0.410 e. The van der Waals surface area contributed by atoms with Crippen molar-refractivity contribution in [1.82, 2.24) is 24.2 Å². The van der Waals surface area contributed by atoms with Crippen LogP contribution in [0.5, 0.6) is 5.75 Å². The summed E-state index contributed by atoms with van der Waals surface area (Å²) >= 11 is 0. The molecule has 10 heteroatoms. The van der Waals surface area contributed by atoms with Gasteiger partial charge in [0.2, 0.25) is 0 Å². The lowest BCUT2D eigenvalue weighted by molar-refractivity contribution is -0.0394. The van der Waals surface area contributed by atoms with Crippen LogP contribution in [0.15, 0.2) is 59.7 Å². The third-order valence-electron chi connectivity index (χ3n) is 7.57. The highest BCUT2D eigenvalue weighted by Gasteiger charge is 2.35. The molecule has 220 valence electrons. The Morgan fingerprint density at radius 1 is 1.10 bits per heavy atom. The van der Waals surface area contributed by atoms with E-state index in [4.69, 9.17) is 19.2 Å². The summed E-state index contributed by atoms with van der Waals surface area (Å²) in [6.07, 6.45) is 6.49. The number of carbonyl (C=O) groups excluding carboxylic acids is 1. The van der Waals surface area contributed by atoms with Gasteiger partial charge < -0.3 is 19.1 Å². The molecule has 4 aromatic rings. The predicted octanol–water partition coefficient (Wildman–Crippen LogP) is 5.31. The summed E-state index contributed by atoms with van der Waals surface area (Å²) in [6, 6.07) is 13.5. The lowest BCUT2D eigenvalue weighted by Crippen LogP contribution is -2.57. The SMILES string of the molecule is Cc1nc2ccc(-c3cnn(C4CCCCO4)c3)cc2c(=O)n1Cc1cccc(OC2CN(C(=O)OC(C)(C)C)C2)c1. The quantitative estimate of drug-likeness (QED) is 0.309. The molecule has 0 saturated carbocycles. The Morgan fingerprint density at radius 2 is 1.93 bits per heavy atom. The summed E-state index contributed by atoms with van der Waals surface area (Å²) in [6.45, 7) is 9.47. The zero-order chi connectivity index (χ0) is 29.4. The fourth-order valence-electron chi connectivity index (χ4n) is 5.36. The van der Waals surface area contributed by atoms with Crippen molar-refractivity contribution >= 4 is 17.0 Å². The highest BCUT2D eigenvalue weighted by Crippen LogP contribution is 2.27. The highest BCUT2D eigenvalue weighted by molar-refractivity contribution is 5.83. The minimum Gasteiger partial charge on any atom is -0.487 e. The number of fused-ring (bicyclic) bond motifs is 1. The van der Waals surface area contributed by atoms with Crippen molar-refractivity contribution < 1.29 is 19.0 Å². The number of aromatic nitrogens is 4. The average molecular weight is 572 g/mol. The maximum absolute atomic E-state index is 13.7. The van der Waals surface area contributed by atoms with Crippen LogP contribution in [0, 0.1) is 6.92 Å². The van der Waals surface area contributed by atoms with E-state index in [1.54, 1.807) is 9.47 Å². The number of hydrogen-bond acceptors (Lipinski definition) is 7. The first-order valence-electron chi connectivity index (χ1n) is 14.5. The topological polar surface area (TPSA) is 101 Å². The second kappa shape index (κ2) is 11.2. The molecular weight excluding hydrogens is 534 g/mol. The monoisotopic (exact) mass is 571 g/mol. The first kappa shape index (κ1) is 28.0. The predicted molar refractivity (Wildman–Crippen MR) is 159 cm³/mol. The Balaban J connectivity index is 1.17. The van der Waals surface area contributed by atoms with Gasteiger partial charge in [0.25, 0.3) is 5.56 Å².